The molecule has 0 aromatic heterocycles. The van der Waals surface area contributed by atoms with Crippen LogP contribution in [-0.2, 0) is 10.0 Å². The van der Waals surface area contributed by atoms with Crippen LogP contribution in [0.4, 0.5) is 5.69 Å². The number of rotatable bonds is 5. The van der Waals surface area contributed by atoms with Gasteiger partial charge in [0.25, 0.3) is 5.69 Å². The van der Waals surface area contributed by atoms with E-state index >= 15 is 0 Å². The predicted octanol–water partition coefficient (Wildman–Crippen LogP) is 3.33. The molecule has 1 unspecified atom stereocenters. The normalized spacial score (nSPS) is 14.5. The van der Waals surface area contributed by atoms with E-state index in [4.69, 9.17) is 16.0 Å². The molecule has 0 aliphatic carbocycles. The SMILES string of the molecule is CC(C#N)(O[Si](C)(C)CCl)c1ccc([N+](=O)[O-])cc1. The third-order valence-corrected chi connectivity index (χ3v) is 6.18. The molecule has 1 rings (SSSR count). The number of benzene rings is 1. The Morgan fingerprint density at radius 1 is 1.47 bits per heavy atom. The lowest BCUT2D eigenvalue weighted by atomic mass is 9.98. The van der Waals surface area contributed by atoms with Crippen molar-refractivity contribution in [1.29, 1.82) is 5.26 Å². The molecule has 0 aliphatic rings. The van der Waals surface area contributed by atoms with Crippen molar-refractivity contribution in [2.45, 2.75) is 25.6 Å². The second-order valence-electron chi connectivity index (χ2n) is 4.94. The maximum Gasteiger partial charge on any atom is 0.269 e. The maximum atomic E-state index is 10.6. The van der Waals surface area contributed by atoms with Crippen molar-refractivity contribution in [2.75, 3.05) is 5.50 Å². The van der Waals surface area contributed by atoms with E-state index in [-0.39, 0.29) is 5.69 Å². The van der Waals surface area contributed by atoms with Crippen molar-refractivity contribution in [3.05, 3.63) is 39.9 Å². The van der Waals surface area contributed by atoms with Gasteiger partial charge < -0.3 is 4.43 Å². The van der Waals surface area contributed by atoms with Crippen LogP contribution < -0.4 is 0 Å². The Kier molecular flexibility index (Phi) is 4.69. The van der Waals surface area contributed by atoms with Crippen LogP contribution in [0.25, 0.3) is 0 Å². The monoisotopic (exact) mass is 298 g/mol. The lowest BCUT2D eigenvalue weighted by Gasteiger charge is -2.31. The largest absolute Gasteiger partial charge is 0.395 e. The Balaban J connectivity index is 3.09. The molecule has 0 amide bonds. The fourth-order valence-corrected chi connectivity index (χ4v) is 3.11. The summed E-state index contributed by atoms with van der Waals surface area (Å²) in [5, 5.41) is 20.0. The number of nitriles is 1. The molecule has 1 atom stereocenters. The molecule has 7 heteroatoms. The predicted molar refractivity (Wildman–Crippen MR) is 75.3 cm³/mol. The fourth-order valence-electron chi connectivity index (χ4n) is 1.63. The van der Waals surface area contributed by atoms with E-state index in [0.717, 1.165) is 0 Å². The van der Waals surface area contributed by atoms with E-state index < -0.39 is 18.8 Å². The molecule has 1 aromatic rings. The standard InChI is InChI=1S/C12H15ClN2O3Si/c1-12(8-14,18-19(2,3)9-13)10-4-6-11(7-5-10)15(16)17/h4-7H,9H2,1-3H3. The molecule has 0 saturated heterocycles. The first kappa shape index (κ1) is 15.6. The van der Waals surface area contributed by atoms with Gasteiger partial charge in [-0.05, 0) is 37.7 Å². The molecule has 0 N–H and O–H groups in total. The minimum absolute atomic E-state index is 0.0158. The number of hydrogen-bond acceptors (Lipinski definition) is 4. The van der Waals surface area contributed by atoms with Gasteiger partial charge in [0.15, 0.2) is 5.60 Å². The molecule has 0 spiro atoms. The highest BCUT2D eigenvalue weighted by atomic mass is 35.5. The van der Waals surface area contributed by atoms with Crippen molar-refractivity contribution in [3.8, 4) is 6.07 Å². The van der Waals surface area contributed by atoms with Crippen LogP contribution in [0.1, 0.15) is 12.5 Å². The molecule has 102 valence electrons. The first-order valence-corrected chi connectivity index (χ1v) is 9.31. The Labute approximate surface area is 118 Å². The molecule has 1 aromatic carbocycles. The molecule has 0 aliphatic heterocycles. The smallest absolute Gasteiger partial charge is 0.269 e. The van der Waals surface area contributed by atoms with Crippen LogP contribution in [0.3, 0.4) is 0 Å². The number of nitrogens with zero attached hydrogens (tertiary/aromatic N) is 2. The second-order valence-corrected chi connectivity index (χ2v) is 9.74. The Morgan fingerprint density at radius 3 is 2.37 bits per heavy atom. The van der Waals surface area contributed by atoms with Crippen LogP contribution in [0, 0.1) is 21.4 Å². The number of nitro groups is 1. The van der Waals surface area contributed by atoms with E-state index in [1.165, 1.54) is 12.1 Å². The summed E-state index contributed by atoms with van der Waals surface area (Å²) in [7, 11) is -2.14. The van der Waals surface area contributed by atoms with Crippen molar-refractivity contribution in [3.63, 3.8) is 0 Å². The van der Waals surface area contributed by atoms with Gasteiger partial charge in [0.05, 0.1) is 4.92 Å². The third-order valence-electron chi connectivity index (χ3n) is 2.64. The molecule has 0 fully saturated rings. The van der Waals surface area contributed by atoms with Gasteiger partial charge in [-0.25, -0.2) is 0 Å². The number of halogens is 1. The summed E-state index contributed by atoms with van der Waals surface area (Å²) in [6.07, 6.45) is 0. The topological polar surface area (TPSA) is 76.2 Å². The lowest BCUT2D eigenvalue weighted by molar-refractivity contribution is -0.384. The molecule has 0 heterocycles. The van der Waals surface area contributed by atoms with Crippen LogP contribution >= 0.6 is 11.6 Å². The van der Waals surface area contributed by atoms with Gasteiger partial charge >= 0.3 is 0 Å². The molecule has 5 nitrogen and oxygen atoms in total. The van der Waals surface area contributed by atoms with Crippen LogP contribution in [0.15, 0.2) is 24.3 Å². The first-order chi connectivity index (χ1) is 8.74. The Hall–Kier alpha value is -1.42. The number of alkyl halides is 1. The summed E-state index contributed by atoms with van der Waals surface area (Å²) in [6.45, 7) is 5.48. The minimum atomic E-state index is -2.14. The summed E-state index contributed by atoms with van der Waals surface area (Å²) < 4.78 is 5.89. The van der Waals surface area contributed by atoms with Crippen molar-refractivity contribution < 1.29 is 9.35 Å². The molecular formula is C12H15ClN2O3Si. The fraction of sp³-hybridized carbons (Fsp3) is 0.417. The summed E-state index contributed by atoms with van der Waals surface area (Å²) in [4.78, 5) is 10.1. The quantitative estimate of drug-likeness (QED) is 0.361. The molecule has 0 saturated carbocycles. The van der Waals surface area contributed by atoms with Gasteiger partial charge in [0, 0.05) is 17.6 Å². The molecule has 0 radical (unpaired) electrons. The van der Waals surface area contributed by atoms with Crippen molar-refractivity contribution in [1.82, 2.24) is 0 Å². The highest BCUT2D eigenvalue weighted by molar-refractivity contribution is 6.77. The average Bonchev–Trinajstić information content (AvgIpc) is 2.38. The molecular weight excluding hydrogens is 284 g/mol. The van der Waals surface area contributed by atoms with Crippen LogP contribution in [0.5, 0.6) is 0 Å². The second kappa shape index (κ2) is 5.69. The van der Waals surface area contributed by atoms with Gasteiger partial charge in [-0.2, -0.15) is 5.26 Å². The number of non-ortho nitro benzene ring substituents is 1. The Bertz CT molecular complexity index is 513. The molecule has 0 bridgehead atoms. The summed E-state index contributed by atoms with van der Waals surface area (Å²) in [5.41, 5.74) is -0.194. The zero-order chi connectivity index (χ0) is 14.7. The van der Waals surface area contributed by atoms with E-state index in [0.29, 0.717) is 11.1 Å². The summed E-state index contributed by atoms with van der Waals surface area (Å²) in [6, 6.07) is 7.93. The average molecular weight is 299 g/mol. The van der Waals surface area contributed by atoms with Gasteiger partial charge in [-0.1, -0.05) is 0 Å². The molecule has 19 heavy (non-hydrogen) atoms. The van der Waals surface area contributed by atoms with Gasteiger partial charge in [-0.15, -0.1) is 11.6 Å². The van der Waals surface area contributed by atoms with E-state index in [1.54, 1.807) is 19.1 Å². The van der Waals surface area contributed by atoms with Crippen molar-refractivity contribution in [2.24, 2.45) is 0 Å². The zero-order valence-electron chi connectivity index (χ0n) is 11.0. The first-order valence-electron chi connectivity index (χ1n) is 5.66. The summed E-state index contributed by atoms with van der Waals surface area (Å²) in [5.74, 6) is 0. The van der Waals surface area contributed by atoms with Crippen LogP contribution in [0.2, 0.25) is 13.1 Å². The minimum Gasteiger partial charge on any atom is -0.395 e. The van der Waals surface area contributed by atoms with E-state index in [9.17, 15) is 15.4 Å². The van der Waals surface area contributed by atoms with Crippen LogP contribution in [-0.4, -0.2) is 18.7 Å². The summed E-state index contributed by atoms with van der Waals surface area (Å²) >= 11 is 5.85. The van der Waals surface area contributed by atoms with Gasteiger partial charge in [-0.3, -0.25) is 10.1 Å². The Morgan fingerprint density at radius 2 is 2.00 bits per heavy atom. The van der Waals surface area contributed by atoms with Gasteiger partial charge in [0.2, 0.25) is 8.32 Å². The van der Waals surface area contributed by atoms with Crippen molar-refractivity contribution >= 4 is 25.6 Å². The highest BCUT2D eigenvalue weighted by Gasteiger charge is 2.36. The number of hydrogen-bond donors (Lipinski definition) is 0. The lowest BCUT2D eigenvalue weighted by Crippen LogP contribution is -2.42. The zero-order valence-corrected chi connectivity index (χ0v) is 12.8. The van der Waals surface area contributed by atoms with E-state index in [2.05, 4.69) is 6.07 Å². The van der Waals surface area contributed by atoms with Gasteiger partial charge in [0.1, 0.15) is 6.07 Å². The maximum absolute atomic E-state index is 10.6. The highest BCUT2D eigenvalue weighted by Crippen LogP contribution is 2.30. The van der Waals surface area contributed by atoms with E-state index in [1.807, 2.05) is 13.1 Å². The number of nitro benzene ring substituents is 1. The third kappa shape index (κ3) is 3.77.